The first-order valence-electron chi connectivity index (χ1n) is 11.0. The highest BCUT2D eigenvalue weighted by Crippen LogP contribution is 2.30. The van der Waals surface area contributed by atoms with E-state index >= 15 is 0 Å². The Morgan fingerprint density at radius 2 is 1.87 bits per heavy atom. The molecule has 1 aliphatic rings. The van der Waals surface area contributed by atoms with Crippen molar-refractivity contribution in [1.29, 1.82) is 5.26 Å². The molecule has 0 spiro atoms. The molecule has 1 fully saturated rings. The average Bonchev–Trinajstić information content (AvgIpc) is 2.79. The van der Waals surface area contributed by atoms with Gasteiger partial charge in [-0.15, -0.1) is 0 Å². The molecule has 8 nitrogen and oxygen atoms in total. The highest BCUT2D eigenvalue weighted by molar-refractivity contribution is 5.89. The zero-order chi connectivity index (χ0) is 22.2. The number of hydrogen-bond donors (Lipinski definition) is 2. The Labute approximate surface area is 182 Å². The number of nitrogens with zero attached hydrogens (tertiary/aromatic N) is 4. The fourth-order valence-electron chi connectivity index (χ4n) is 3.92. The van der Waals surface area contributed by atoms with Crippen molar-refractivity contribution in [2.24, 2.45) is 11.7 Å². The van der Waals surface area contributed by atoms with E-state index in [1.54, 1.807) is 0 Å². The van der Waals surface area contributed by atoms with Crippen LogP contribution in [0.15, 0.2) is 24.3 Å². The van der Waals surface area contributed by atoms with Gasteiger partial charge in [-0.25, -0.2) is 9.97 Å². The molecule has 3 N–H and O–H groups in total. The molecule has 1 aromatic heterocycles. The van der Waals surface area contributed by atoms with E-state index < -0.39 is 5.92 Å². The van der Waals surface area contributed by atoms with Gasteiger partial charge in [0.2, 0.25) is 11.8 Å². The van der Waals surface area contributed by atoms with Crippen LogP contribution in [0, 0.1) is 17.2 Å². The minimum Gasteiger partial charge on any atom is -0.369 e. The highest BCUT2D eigenvalue weighted by Gasteiger charge is 2.31. The minimum atomic E-state index is -1.05. The number of amides is 2. The number of fused-ring (bicyclic) bond motifs is 1. The second-order valence-corrected chi connectivity index (χ2v) is 8.00. The molecule has 3 rings (SSSR count). The van der Waals surface area contributed by atoms with E-state index in [1.807, 2.05) is 29.2 Å². The number of anilines is 1. The van der Waals surface area contributed by atoms with Crippen molar-refractivity contribution in [3.63, 3.8) is 0 Å². The lowest BCUT2D eigenvalue weighted by Crippen LogP contribution is -2.40. The predicted molar refractivity (Wildman–Crippen MR) is 119 cm³/mol. The molecule has 1 aliphatic heterocycles. The molecule has 31 heavy (non-hydrogen) atoms. The van der Waals surface area contributed by atoms with Gasteiger partial charge < -0.3 is 16.0 Å². The van der Waals surface area contributed by atoms with Crippen LogP contribution >= 0.6 is 0 Å². The molecular formula is C23H30N6O2. The summed E-state index contributed by atoms with van der Waals surface area (Å²) in [5, 5.41) is 12.7. The fourth-order valence-corrected chi connectivity index (χ4v) is 3.92. The van der Waals surface area contributed by atoms with Gasteiger partial charge in [-0.1, -0.05) is 38.3 Å². The molecule has 2 heterocycles. The Morgan fingerprint density at radius 1 is 1.19 bits per heavy atom. The van der Waals surface area contributed by atoms with Gasteiger partial charge in [0.15, 0.2) is 11.7 Å². The maximum absolute atomic E-state index is 12.8. The molecule has 0 saturated carbocycles. The van der Waals surface area contributed by atoms with E-state index in [4.69, 9.17) is 10.7 Å². The van der Waals surface area contributed by atoms with Gasteiger partial charge in [0.05, 0.1) is 17.1 Å². The summed E-state index contributed by atoms with van der Waals surface area (Å²) in [5.74, 6) is -1.31. The summed E-state index contributed by atoms with van der Waals surface area (Å²) in [6, 6.07) is 9.55. The SMILES string of the molecule is CCCCCCNC(=O)[C@H](C#N)c1nc2ccccc2nc1N1CCC(C(N)=O)CC1. The number of hydrogen-bond acceptors (Lipinski definition) is 6. The third-order valence-electron chi connectivity index (χ3n) is 5.77. The average molecular weight is 423 g/mol. The number of unbranched alkanes of at least 4 members (excludes halogenated alkanes) is 3. The Balaban J connectivity index is 1.86. The third-order valence-corrected chi connectivity index (χ3v) is 5.77. The van der Waals surface area contributed by atoms with Crippen LogP contribution in [-0.4, -0.2) is 41.4 Å². The number of piperidine rings is 1. The van der Waals surface area contributed by atoms with E-state index in [-0.39, 0.29) is 17.7 Å². The second kappa shape index (κ2) is 10.7. The molecule has 1 saturated heterocycles. The molecule has 0 bridgehead atoms. The van der Waals surface area contributed by atoms with Gasteiger partial charge in [0.1, 0.15) is 5.69 Å². The zero-order valence-corrected chi connectivity index (χ0v) is 18.0. The number of aromatic nitrogens is 2. The fraction of sp³-hybridized carbons (Fsp3) is 0.522. The molecule has 1 atom stereocenters. The Bertz CT molecular complexity index is 962. The van der Waals surface area contributed by atoms with E-state index in [2.05, 4.69) is 23.3 Å². The van der Waals surface area contributed by atoms with Crippen LogP contribution in [0.5, 0.6) is 0 Å². The highest BCUT2D eigenvalue weighted by atomic mass is 16.2. The number of primary amides is 1. The Kier molecular flexibility index (Phi) is 7.76. The van der Waals surface area contributed by atoms with E-state index in [0.717, 1.165) is 25.7 Å². The molecular weight excluding hydrogens is 392 g/mol. The van der Waals surface area contributed by atoms with Gasteiger partial charge in [0, 0.05) is 25.6 Å². The first-order valence-corrected chi connectivity index (χ1v) is 11.0. The molecule has 164 valence electrons. The topological polar surface area (TPSA) is 125 Å². The normalized spacial score (nSPS) is 15.4. The molecule has 1 aromatic carbocycles. The van der Waals surface area contributed by atoms with Gasteiger partial charge in [-0.2, -0.15) is 5.26 Å². The van der Waals surface area contributed by atoms with Crippen LogP contribution in [-0.2, 0) is 9.59 Å². The number of benzene rings is 1. The molecule has 2 aromatic rings. The summed E-state index contributed by atoms with van der Waals surface area (Å²) in [6.07, 6.45) is 5.41. The first kappa shape index (κ1) is 22.5. The number of nitriles is 1. The minimum absolute atomic E-state index is 0.161. The van der Waals surface area contributed by atoms with Crippen molar-refractivity contribution >= 4 is 28.7 Å². The monoisotopic (exact) mass is 422 g/mol. The van der Waals surface area contributed by atoms with Crippen molar-refractivity contribution in [3.8, 4) is 6.07 Å². The number of rotatable bonds is 9. The Morgan fingerprint density at radius 3 is 2.48 bits per heavy atom. The number of carbonyl (C=O) groups is 2. The van der Waals surface area contributed by atoms with Crippen LogP contribution in [0.25, 0.3) is 11.0 Å². The molecule has 2 amide bonds. The number of nitrogens with one attached hydrogen (secondary N) is 1. The third kappa shape index (κ3) is 5.48. The summed E-state index contributed by atoms with van der Waals surface area (Å²) in [7, 11) is 0. The number of carbonyl (C=O) groups excluding carboxylic acids is 2. The van der Waals surface area contributed by atoms with E-state index in [0.29, 0.717) is 55.0 Å². The lowest BCUT2D eigenvalue weighted by molar-refractivity contribution is -0.122. The molecule has 8 heteroatoms. The largest absolute Gasteiger partial charge is 0.369 e. The van der Waals surface area contributed by atoms with Crippen molar-refractivity contribution in [2.45, 2.75) is 51.4 Å². The second-order valence-electron chi connectivity index (χ2n) is 8.00. The van der Waals surface area contributed by atoms with Crippen molar-refractivity contribution < 1.29 is 9.59 Å². The van der Waals surface area contributed by atoms with Crippen molar-refractivity contribution in [1.82, 2.24) is 15.3 Å². The van der Waals surface area contributed by atoms with Crippen LogP contribution in [0.2, 0.25) is 0 Å². The van der Waals surface area contributed by atoms with Gasteiger partial charge in [-0.3, -0.25) is 9.59 Å². The van der Waals surface area contributed by atoms with Crippen molar-refractivity contribution in [3.05, 3.63) is 30.0 Å². The van der Waals surface area contributed by atoms with Gasteiger partial charge >= 0.3 is 0 Å². The maximum atomic E-state index is 12.8. The summed E-state index contributed by atoms with van der Waals surface area (Å²) in [6.45, 7) is 3.82. The van der Waals surface area contributed by atoms with Crippen LogP contribution in [0.4, 0.5) is 5.82 Å². The van der Waals surface area contributed by atoms with Crippen LogP contribution < -0.4 is 16.0 Å². The van der Waals surface area contributed by atoms with Gasteiger partial charge in [-0.05, 0) is 31.4 Å². The molecule has 0 radical (unpaired) electrons. The summed E-state index contributed by atoms with van der Waals surface area (Å²) < 4.78 is 0. The lowest BCUT2D eigenvalue weighted by atomic mass is 9.95. The standard InChI is InChI=1S/C23H30N6O2/c1-2-3-4-7-12-26-23(31)17(15-24)20-22(28-19-9-6-5-8-18(19)27-20)29-13-10-16(11-14-29)21(25)30/h5-6,8-9,16-17H,2-4,7,10-14H2,1H3,(H2,25,30)(H,26,31)/t17-/m1/s1. The maximum Gasteiger partial charge on any atom is 0.243 e. The van der Waals surface area contributed by atoms with E-state index in [9.17, 15) is 14.9 Å². The first-order chi connectivity index (χ1) is 15.0. The van der Waals surface area contributed by atoms with E-state index in [1.165, 1.54) is 0 Å². The van der Waals surface area contributed by atoms with Crippen LogP contribution in [0.1, 0.15) is 57.1 Å². The van der Waals surface area contributed by atoms with Gasteiger partial charge in [0.25, 0.3) is 0 Å². The quantitative estimate of drug-likeness (QED) is 0.599. The zero-order valence-electron chi connectivity index (χ0n) is 18.0. The summed E-state index contributed by atoms with van der Waals surface area (Å²) in [5.41, 5.74) is 7.17. The number of para-hydroxylation sites is 2. The molecule has 0 unspecified atom stereocenters. The number of nitrogens with two attached hydrogens (primary N) is 1. The predicted octanol–water partition coefficient (Wildman–Crippen LogP) is 2.64. The lowest BCUT2D eigenvalue weighted by Gasteiger charge is -2.32. The summed E-state index contributed by atoms with van der Waals surface area (Å²) in [4.78, 5) is 35.8. The summed E-state index contributed by atoms with van der Waals surface area (Å²) >= 11 is 0. The van der Waals surface area contributed by atoms with Crippen LogP contribution in [0.3, 0.4) is 0 Å². The van der Waals surface area contributed by atoms with Crippen molar-refractivity contribution in [2.75, 3.05) is 24.5 Å². The molecule has 0 aliphatic carbocycles. The smallest absolute Gasteiger partial charge is 0.243 e. The Hall–Kier alpha value is -3.21.